The molecule has 0 aliphatic carbocycles. The molecular weight excluding hydrogens is 330 g/mol. The highest BCUT2D eigenvalue weighted by Gasteiger charge is 2.29. The lowest BCUT2D eigenvalue weighted by Crippen LogP contribution is -2.42. The predicted octanol–water partition coefficient (Wildman–Crippen LogP) is 2.43. The predicted molar refractivity (Wildman–Crippen MR) is 101 cm³/mol. The standard InChI is InChI=1S/C20H29N3O3/c24-19(25)7-12-22-18-3-1-17(2-4-18)20(26)23-13-8-16(9-14-23)15-5-10-21-11-6-15/h1-4,15-16,21-22H,5-14H2,(H,24,25). The van der Waals surface area contributed by atoms with Crippen molar-refractivity contribution in [3.8, 4) is 0 Å². The number of rotatable bonds is 6. The molecule has 0 atom stereocenters. The van der Waals surface area contributed by atoms with Gasteiger partial charge in [-0.15, -0.1) is 0 Å². The van der Waals surface area contributed by atoms with Crippen molar-refractivity contribution < 1.29 is 14.7 Å². The quantitative estimate of drug-likeness (QED) is 0.727. The number of anilines is 1. The molecule has 26 heavy (non-hydrogen) atoms. The maximum Gasteiger partial charge on any atom is 0.305 e. The Morgan fingerprint density at radius 3 is 2.27 bits per heavy atom. The first-order valence-corrected chi connectivity index (χ1v) is 9.69. The van der Waals surface area contributed by atoms with Crippen LogP contribution in [0.3, 0.4) is 0 Å². The summed E-state index contributed by atoms with van der Waals surface area (Å²) in [4.78, 5) is 25.2. The Morgan fingerprint density at radius 1 is 1.04 bits per heavy atom. The molecule has 2 saturated heterocycles. The second-order valence-corrected chi connectivity index (χ2v) is 7.36. The Hall–Kier alpha value is -2.08. The van der Waals surface area contributed by atoms with Gasteiger partial charge in [0.2, 0.25) is 0 Å². The van der Waals surface area contributed by atoms with Crippen molar-refractivity contribution in [3.05, 3.63) is 29.8 Å². The van der Waals surface area contributed by atoms with E-state index < -0.39 is 5.97 Å². The molecular formula is C20H29N3O3. The number of aliphatic carboxylic acids is 1. The van der Waals surface area contributed by atoms with Gasteiger partial charge in [0.1, 0.15) is 0 Å². The van der Waals surface area contributed by atoms with Crippen molar-refractivity contribution in [2.24, 2.45) is 11.8 Å². The molecule has 2 fully saturated rings. The van der Waals surface area contributed by atoms with E-state index in [1.165, 1.54) is 12.8 Å². The number of hydrogen-bond acceptors (Lipinski definition) is 4. The van der Waals surface area contributed by atoms with Crippen LogP contribution in [0, 0.1) is 11.8 Å². The number of carbonyl (C=O) groups is 2. The number of likely N-dealkylation sites (tertiary alicyclic amines) is 1. The lowest BCUT2D eigenvalue weighted by atomic mass is 9.79. The van der Waals surface area contributed by atoms with Crippen LogP contribution < -0.4 is 10.6 Å². The molecule has 6 nitrogen and oxygen atoms in total. The van der Waals surface area contributed by atoms with Gasteiger partial charge in [-0.25, -0.2) is 0 Å². The summed E-state index contributed by atoms with van der Waals surface area (Å²) < 4.78 is 0. The fourth-order valence-corrected chi connectivity index (χ4v) is 4.12. The monoisotopic (exact) mass is 359 g/mol. The molecule has 2 aliphatic rings. The van der Waals surface area contributed by atoms with E-state index in [1.807, 2.05) is 29.2 Å². The summed E-state index contributed by atoms with van der Waals surface area (Å²) in [5.41, 5.74) is 1.54. The third kappa shape index (κ3) is 4.97. The van der Waals surface area contributed by atoms with Gasteiger partial charge in [0.15, 0.2) is 0 Å². The zero-order valence-electron chi connectivity index (χ0n) is 15.2. The number of benzene rings is 1. The van der Waals surface area contributed by atoms with Crippen molar-refractivity contribution in [3.63, 3.8) is 0 Å². The SMILES string of the molecule is O=C(O)CCNc1ccc(C(=O)N2CCC(C3CCNCC3)CC2)cc1. The summed E-state index contributed by atoms with van der Waals surface area (Å²) in [5.74, 6) is 0.870. The lowest BCUT2D eigenvalue weighted by Gasteiger charge is -2.37. The first-order valence-electron chi connectivity index (χ1n) is 9.69. The van der Waals surface area contributed by atoms with Crippen molar-refractivity contribution in [2.75, 3.05) is 38.0 Å². The summed E-state index contributed by atoms with van der Waals surface area (Å²) in [7, 11) is 0. The molecule has 142 valence electrons. The van der Waals surface area contributed by atoms with Crippen LogP contribution in [0.1, 0.15) is 42.5 Å². The molecule has 2 aliphatic heterocycles. The smallest absolute Gasteiger partial charge is 0.305 e. The number of hydrogen-bond donors (Lipinski definition) is 3. The van der Waals surface area contributed by atoms with E-state index in [0.29, 0.717) is 12.1 Å². The van der Waals surface area contributed by atoms with Crippen LogP contribution in [-0.4, -0.2) is 54.6 Å². The minimum Gasteiger partial charge on any atom is -0.481 e. The van der Waals surface area contributed by atoms with Gasteiger partial charge >= 0.3 is 5.97 Å². The van der Waals surface area contributed by atoms with E-state index in [4.69, 9.17) is 5.11 Å². The maximum absolute atomic E-state index is 12.7. The highest BCUT2D eigenvalue weighted by molar-refractivity contribution is 5.94. The Balaban J connectivity index is 1.47. The summed E-state index contributed by atoms with van der Waals surface area (Å²) >= 11 is 0. The van der Waals surface area contributed by atoms with E-state index in [2.05, 4.69) is 10.6 Å². The Kier molecular flexibility index (Phi) is 6.50. The van der Waals surface area contributed by atoms with Crippen LogP contribution >= 0.6 is 0 Å². The van der Waals surface area contributed by atoms with Gasteiger partial charge in [-0.05, 0) is 74.9 Å². The van der Waals surface area contributed by atoms with Crippen LogP contribution in [0.25, 0.3) is 0 Å². The zero-order valence-corrected chi connectivity index (χ0v) is 15.2. The Bertz CT molecular complexity index is 603. The van der Waals surface area contributed by atoms with E-state index >= 15 is 0 Å². The minimum atomic E-state index is -0.822. The van der Waals surface area contributed by atoms with Crippen LogP contribution in [0.15, 0.2) is 24.3 Å². The first-order chi connectivity index (χ1) is 12.6. The van der Waals surface area contributed by atoms with Gasteiger partial charge in [0, 0.05) is 30.9 Å². The second kappa shape index (κ2) is 9.03. The molecule has 3 rings (SSSR count). The Labute approximate surface area is 155 Å². The van der Waals surface area contributed by atoms with Crippen LogP contribution in [0.5, 0.6) is 0 Å². The fourth-order valence-electron chi connectivity index (χ4n) is 4.12. The minimum absolute atomic E-state index is 0.0761. The maximum atomic E-state index is 12.7. The molecule has 0 bridgehead atoms. The third-order valence-electron chi connectivity index (χ3n) is 5.68. The number of carboxylic acids is 1. The molecule has 0 unspecified atom stereocenters. The highest BCUT2D eigenvalue weighted by atomic mass is 16.4. The topological polar surface area (TPSA) is 81.7 Å². The van der Waals surface area contributed by atoms with Crippen molar-refractivity contribution >= 4 is 17.6 Å². The van der Waals surface area contributed by atoms with E-state index in [1.54, 1.807) is 0 Å². The first kappa shape index (κ1) is 18.7. The molecule has 3 N–H and O–H groups in total. The van der Waals surface area contributed by atoms with Gasteiger partial charge in [0.25, 0.3) is 5.91 Å². The molecule has 0 spiro atoms. The summed E-state index contributed by atoms with van der Waals surface area (Å²) in [6.07, 6.45) is 4.85. The van der Waals surface area contributed by atoms with Gasteiger partial charge in [-0.2, -0.15) is 0 Å². The van der Waals surface area contributed by atoms with Crippen LogP contribution in [0.2, 0.25) is 0 Å². The normalized spacial score (nSPS) is 19.3. The van der Waals surface area contributed by atoms with Gasteiger partial charge in [0.05, 0.1) is 6.42 Å². The molecule has 0 saturated carbocycles. The van der Waals surface area contributed by atoms with Gasteiger partial charge in [-0.1, -0.05) is 0 Å². The van der Waals surface area contributed by atoms with Crippen LogP contribution in [0.4, 0.5) is 5.69 Å². The number of carboxylic acid groups (broad SMARTS) is 1. The number of piperidine rings is 2. The summed E-state index contributed by atoms with van der Waals surface area (Å²) in [5, 5.41) is 15.1. The largest absolute Gasteiger partial charge is 0.481 e. The number of carbonyl (C=O) groups excluding carboxylic acids is 1. The van der Waals surface area contributed by atoms with Gasteiger partial charge < -0.3 is 20.6 Å². The third-order valence-corrected chi connectivity index (χ3v) is 5.68. The zero-order chi connectivity index (χ0) is 18.4. The van der Waals surface area contributed by atoms with Crippen molar-refractivity contribution in [2.45, 2.75) is 32.1 Å². The fraction of sp³-hybridized carbons (Fsp3) is 0.600. The van der Waals surface area contributed by atoms with E-state index in [-0.39, 0.29) is 12.3 Å². The highest BCUT2D eigenvalue weighted by Crippen LogP contribution is 2.31. The van der Waals surface area contributed by atoms with E-state index in [9.17, 15) is 9.59 Å². The van der Waals surface area contributed by atoms with Crippen molar-refractivity contribution in [1.82, 2.24) is 10.2 Å². The lowest BCUT2D eigenvalue weighted by molar-refractivity contribution is -0.136. The molecule has 0 aromatic heterocycles. The number of nitrogens with zero attached hydrogens (tertiary/aromatic N) is 1. The number of nitrogens with one attached hydrogen (secondary N) is 2. The van der Waals surface area contributed by atoms with E-state index in [0.717, 1.165) is 56.5 Å². The molecule has 6 heteroatoms. The Morgan fingerprint density at radius 2 is 1.65 bits per heavy atom. The molecule has 0 radical (unpaired) electrons. The summed E-state index contributed by atoms with van der Waals surface area (Å²) in [6, 6.07) is 7.34. The molecule has 1 amide bonds. The summed E-state index contributed by atoms with van der Waals surface area (Å²) in [6.45, 7) is 4.36. The van der Waals surface area contributed by atoms with Crippen molar-refractivity contribution in [1.29, 1.82) is 0 Å². The molecule has 2 heterocycles. The molecule has 1 aromatic carbocycles. The average Bonchev–Trinajstić information content (AvgIpc) is 2.68. The molecule has 1 aromatic rings. The average molecular weight is 359 g/mol. The second-order valence-electron chi connectivity index (χ2n) is 7.36. The van der Waals surface area contributed by atoms with Gasteiger partial charge in [-0.3, -0.25) is 9.59 Å². The number of amides is 1. The van der Waals surface area contributed by atoms with Crippen LogP contribution in [-0.2, 0) is 4.79 Å².